The molecule has 0 bridgehead atoms. The molecule has 6 nitrogen and oxygen atoms in total. The first-order chi connectivity index (χ1) is 14.0. The van der Waals surface area contributed by atoms with Gasteiger partial charge in [-0.15, -0.1) is 11.8 Å². The lowest BCUT2D eigenvalue weighted by molar-refractivity contribution is 0.0938. The highest BCUT2D eigenvalue weighted by Gasteiger charge is 2.17. The van der Waals surface area contributed by atoms with Gasteiger partial charge in [-0.25, -0.2) is 4.98 Å². The molecule has 2 heterocycles. The molecular formula is C22H26N4O2S. The first-order valence-electron chi connectivity index (χ1n) is 9.55. The molecule has 29 heavy (non-hydrogen) atoms. The Labute approximate surface area is 175 Å². The quantitative estimate of drug-likeness (QED) is 0.532. The molecule has 0 fully saturated rings. The lowest BCUT2D eigenvalue weighted by Crippen LogP contribution is -2.37. The van der Waals surface area contributed by atoms with Crippen LogP contribution in [0.1, 0.15) is 39.9 Å². The van der Waals surface area contributed by atoms with Gasteiger partial charge in [0.25, 0.3) is 5.91 Å². The molecule has 0 spiro atoms. The summed E-state index contributed by atoms with van der Waals surface area (Å²) in [5, 5.41) is 11.1. The Hall–Kier alpha value is -2.80. The van der Waals surface area contributed by atoms with E-state index in [0.717, 1.165) is 22.7 Å². The third-order valence-corrected chi connectivity index (χ3v) is 5.70. The van der Waals surface area contributed by atoms with Crippen LogP contribution in [0, 0.1) is 20.8 Å². The Kier molecular flexibility index (Phi) is 6.93. The Morgan fingerprint density at radius 2 is 1.97 bits per heavy atom. The van der Waals surface area contributed by atoms with Crippen molar-refractivity contribution in [2.24, 2.45) is 0 Å². The number of aromatic nitrogens is 2. The van der Waals surface area contributed by atoms with Crippen LogP contribution in [0.15, 0.2) is 52.1 Å². The summed E-state index contributed by atoms with van der Waals surface area (Å²) < 4.78 is 5.22. The van der Waals surface area contributed by atoms with E-state index in [-0.39, 0.29) is 11.9 Å². The molecule has 0 saturated carbocycles. The van der Waals surface area contributed by atoms with Crippen molar-refractivity contribution >= 4 is 23.4 Å². The molecule has 1 aromatic carbocycles. The largest absolute Gasteiger partial charge is 0.383 e. The zero-order valence-corrected chi connectivity index (χ0v) is 18.0. The van der Waals surface area contributed by atoms with E-state index in [0.29, 0.717) is 22.9 Å². The van der Waals surface area contributed by atoms with Crippen molar-refractivity contribution in [3.8, 4) is 0 Å². The molecule has 0 aliphatic carbocycles. The standard InChI is InChI=1S/C22H26N4O2S/c1-14-8-5-6-10-20(14)24-12-15(2)25-21(27)18-9-7-11-23-22(18)29-13-19-16(3)26-28-17(19)4/h5-11,15,24H,12-13H2,1-4H3,(H,25,27). The minimum absolute atomic E-state index is 0.0391. The van der Waals surface area contributed by atoms with E-state index in [1.807, 2.05) is 39.0 Å². The minimum Gasteiger partial charge on any atom is -0.383 e. The molecular weight excluding hydrogens is 384 g/mol. The van der Waals surface area contributed by atoms with Crippen molar-refractivity contribution in [1.29, 1.82) is 0 Å². The normalized spacial score (nSPS) is 11.9. The molecule has 1 amide bonds. The van der Waals surface area contributed by atoms with E-state index in [1.165, 1.54) is 17.3 Å². The third kappa shape index (κ3) is 5.38. The molecule has 1 atom stereocenters. The zero-order chi connectivity index (χ0) is 20.8. The molecule has 0 saturated heterocycles. The SMILES string of the molecule is Cc1ccccc1NCC(C)NC(=O)c1cccnc1SCc1c(C)noc1C. The van der Waals surface area contributed by atoms with Crippen molar-refractivity contribution in [3.05, 3.63) is 70.7 Å². The molecule has 152 valence electrons. The number of carbonyl (C=O) groups excluding carboxylic acids is 1. The van der Waals surface area contributed by atoms with E-state index in [4.69, 9.17) is 4.52 Å². The fraction of sp³-hybridized carbons (Fsp3) is 0.318. The van der Waals surface area contributed by atoms with Gasteiger partial charge in [-0.1, -0.05) is 23.4 Å². The number of hydrogen-bond acceptors (Lipinski definition) is 6. The van der Waals surface area contributed by atoms with E-state index in [1.54, 1.807) is 18.3 Å². The van der Waals surface area contributed by atoms with Crippen molar-refractivity contribution in [3.63, 3.8) is 0 Å². The van der Waals surface area contributed by atoms with Crippen LogP contribution >= 0.6 is 11.8 Å². The molecule has 1 unspecified atom stereocenters. The second-order valence-corrected chi connectivity index (χ2v) is 7.98. The average Bonchev–Trinajstić information content (AvgIpc) is 3.03. The maximum atomic E-state index is 12.8. The minimum atomic E-state index is -0.126. The Balaban J connectivity index is 1.61. The predicted molar refractivity (Wildman–Crippen MR) is 116 cm³/mol. The van der Waals surface area contributed by atoms with Crippen molar-refractivity contribution in [1.82, 2.24) is 15.5 Å². The highest BCUT2D eigenvalue weighted by Crippen LogP contribution is 2.27. The van der Waals surface area contributed by atoms with Crippen molar-refractivity contribution in [2.75, 3.05) is 11.9 Å². The van der Waals surface area contributed by atoms with Gasteiger partial charge in [-0.05, 0) is 51.5 Å². The topological polar surface area (TPSA) is 80.0 Å². The number of nitrogens with zero attached hydrogens (tertiary/aromatic N) is 2. The maximum Gasteiger partial charge on any atom is 0.254 e. The second-order valence-electron chi connectivity index (χ2n) is 7.02. The fourth-order valence-electron chi connectivity index (χ4n) is 2.91. The van der Waals surface area contributed by atoms with E-state index >= 15 is 0 Å². The smallest absolute Gasteiger partial charge is 0.254 e. The van der Waals surface area contributed by atoms with Crippen LogP contribution in [0.2, 0.25) is 0 Å². The van der Waals surface area contributed by atoms with Gasteiger partial charge in [0, 0.05) is 35.8 Å². The highest BCUT2D eigenvalue weighted by molar-refractivity contribution is 7.98. The number of anilines is 1. The van der Waals surface area contributed by atoms with Crippen molar-refractivity contribution < 1.29 is 9.32 Å². The number of hydrogen-bond donors (Lipinski definition) is 2. The van der Waals surface area contributed by atoms with E-state index in [9.17, 15) is 4.79 Å². The summed E-state index contributed by atoms with van der Waals surface area (Å²) in [6.07, 6.45) is 1.70. The number of pyridine rings is 1. The van der Waals surface area contributed by atoms with E-state index < -0.39 is 0 Å². The zero-order valence-electron chi connectivity index (χ0n) is 17.2. The van der Waals surface area contributed by atoms with Crippen LogP contribution in [0.3, 0.4) is 0 Å². The van der Waals surface area contributed by atoms with Crippen LogP contribution in [0.5, 0.6) is 0 Å². The number of aryl methyl sites for hydroxylation is 3. The first-order valence-corrected chi connectivity index (χ1v) is 10.5. The van der Waals surface area contributed by atoms with Gasteiger partial charge >= 0.3 is 0 Å². The van der Waals surface area contributed by atoms with Crippen LogP contribution in [0.4, 0.5) is 5.69 Å². The summed E-state index contributed by atoms with van der Waals surface area (Å²) in [7, 11) is 0. The van der Waals surface area contributed by atoms with Gasteiger partial charge in [0.1, 0.15) is 10.8 Å². The summed E-state index contributed by atoms with van der Waals surface area (Å²) >= 11 is 1.51. The van der Waals surface area contributed by atoms with Crippen molar-refractivity contribution in [2.45, 2.75) is 44.5 Å². The van der Waals surface area contributed by atoms with Crippen LogP contribution in [-0.2, 0) is 5.75 Å². The number of rotatable bonds is 8. The number of benzene rings is 1. The molecule has 0 radical (unpaired) electrons. The van der Waals surface area contributed by atoms with Gasteiger partial charge in [0.05, 0.1) is 11.3 Å². The van der Waals surface area contributed by atoms with Crippen LogP contribution in [0.25, 0.3) is 0 Å². The summed E-state index contributed by atoms with van der Waals surface area (Å²) in [6, 6.07) is 11.7. The summed E-state index contributed by atoms with van der Waals surface area (Å²) in [5.41, 5.74) is 4.74. The Morgan fingerprint density at radius 1 is 1.17 bits per heavy atom. The second kappa shape index (κ2) is 9.60. The van der Waals surface area contributed by atoms with Gasteiger partial charge in [0.15, 0.2) is 0 Å². The lowest BCUT2D eigenvalue weighted by Gasteiger charge is -2.17. The summed E-state index contributed by atoms with van der Waals surface area (Å²) in [6.45, 7) is 8.49. The summed E-state index contributed by atoms with van der Waals surface area (Å²) in [5.74, 6) is 1.33. The number of para-hydroxylation sites is 1. The highest BCUT2D eigenvalue weighted by atomic mass is 32.2. The number of carbonyl (C=O) groups is 1. The average molecular weight is 411 g/mol. The third-order valence-electron chi connectivity index (χ3n) is 4.67. The van der Waals surface area contributed by atoms with Gasteiger partial charge in [0.2, 0.25) is 0 Å². The molecule has 3 rings (SSSR count). The fourth-order valence-corrected chi connectivity index (χ4v) is 4.06. The maximum absolute atomic E-state index is 12.8. The van der Waals surface area contributed by atoms with E-state index in [2.05, 4.69) is 33.8 Å². The Bertz CT molecular complexity index is 967. The molecule has 2 aromatic heterocycles. The van der Waals surface area contributed by atoms with Gasteiger partial charge in [-0.3, -0.25) is 4.79 Å². The number of thioether (sulfide) groups is 1. The number of nitrogens with one attached hydrogen (secondary N) is 2. The predicted octanol–water partition coefficient (Wildman–Crippen LogP) is 4.52. The Morgan fingerprint density at radius 3 is 2.69 bits per heavy atom. The molecule has 2 N–H and O–H groups in total. The van der Waals surface area contributed by atoms with Gasteiger partial charge < -0.3 is 15.2 Å². The number of amides is 1. The summed E-state index contributed by atoms with van der Waals surface area (Å²) in [4.78, 5) is 17.2. The molecule has 0 aliphatic rings. The molecule has 0 aliphatic heterocycles. The molecule has 3 aromatic rings. The lowest BCUT2D eigenvalue weighted by atomic mass is 10.2. The monoisotopic (exact) mass is 410 g/mol. The molecule has 7 heteroatoms. The van der Waals surface area contributed by atoms with Crippen LogP contribution < -0.4 is 10.6 Å². The first kappa shape index (κ1) is 20.9. The van der Waals surface area contributed by atoms with Crippen LogP contribution in [-0.4, -0.2) is 28.6 Å². The van der Waals surface area contributed by atoms with Gasteiger partial charge in [-0.2, -0.15) is 0 Å².